The van der Waals surface area contributed by atoms with Crippen LogP contribution in [0.4, 0.5) is 0 Å². The maximum Gasteiger partial charge on any atom is 0.223 e. The van der Waals surface area contributed by atoms with Gasteiger partial charge in [-0.15, -0.1) is 6.42 Å². The highest BCUT2D eigenvalue weighted by atomic mass is 16.5. The van der Waals surface area contributed by atoms with Crippen molar-refractivity contribution in [3.05, 3.63) is 29.3 Å². The van der Waals surface area contributed by atoms with E-state index in [0.29, 0.717) is 13.0 Å². The Kier molecular flexibility index (Phi) is 14.5. The fourth-order valence-electron chi connectivity index (χ4n) is 2.70. The van der Waals surface area contributed by atoms with E-state index in [1.165, 1.54) is 0 Å². The van der Waals surface area contributed by atoms with Gasteiger partial charge >= 0.3 is 0 Å². The van der Waals surface area contributed by atoms with Crippen LogP contribution in [-0.2, 0) is 16.1 Å². The standard InChI is InChI=1S/C11H13NO.C10H19NO2.CH2O.H3N/c1-4-9-5-6-10(8-12-2)11(7-9)13-3;1-10(2,3)6-9(13)11-5-4-8(12)7-11;1-2;/h1,5-7,12H,8H2,2-3H3;8,12H,4-7H2,1-3H3;1H2;1H3. The summed E-state index contributed by atoms with van der Waals surface area (Å²) in [5.41, 5.74) is 2.01. The van der Waals surface area contributed by atoms with Crippen molar-refractivity contribution < 1.29 is 19.4 Å². The van der Waals surface area contributed by atoms with Gasteiger partial charge in [-0.1, -0.05) is 32.8 Å². The first-order chi connectivity index (χ1) is 13.2. The molecule has 1 aromatic rings. The average Bonchev–Trinajstić information content (AvgIpc) is 3.10. The summed E-state index contributed by atoms with van der Waals surface area (Å²) < 4.78 is 5.20. The van der Waals surface area contributed by atoms with Gasteiger partial charge in [0.15, 0.2) is 0 Å². The number of carbonyl (C=O) groups is 2. The minimum Gasteiger partial charge on any atom is -0.496 e. The number of rotatable bonds is 4. The van der Waals surface area contributed by atoms with Crippen LogP contribution in [-0.4, -0.2) is 56.1 Å². The Morgan fingerprint density at radius 2 is 2.03 bits per heavy atom. The van der Waals surface area contributed by atoms with Crippen LogP contribution in [0.2, 0.25) is 0 Å². The molecule has 0 radical (unpaired) electrons. The Labute approximate surface area is 175 Å². The lowest BCUT2D eigenvalue weighted by atomic mass is 9.92. The summed E-state index contributed by atoms with van der Waals surface area (Å²) in [6.45, 7) is 10.2. The number of methoxy groups -OCH3 is 1. The fourth-order valence-corrected chi connectivity index (χ4v) is 2.70. The molecule has 164 valence electrons. The summed E-state index contributed by atoms with van der Waals surface area (Å²) in [7, 11) is 3.54. The van der Waals surface area contributed by atoms with Gasteiger partial charge in [0.2, 0.25) is 5.91 Å². The normalized spacial score (nSPS) is 14.9. The smallest absolute Gasteiger partial charge is 0.223 e. The molecule has 1 aliphatic heterocycles. The highest BCUT2D eigenvalue weighted by Crippen LogP contribution is 2.21. The molecule has 0 aromatic heterocycles. The molecular weight excluding hydrogens is 370 g/mol. The van der Waals surface area contributed by atoms with Crippen molar-refractivity contribution in [2.45, 2.75) is 46.3 Å². The zero-order valence-corrected chi connectivity index (χ0v) is 18.5. The molecule has 1 unspecified atom stereocenters. The molecule has 0 bridgehead atoms. The van der Waals surface area contributed by atoms with Gasteiger partial charge in [-0.05, 0) is 31.0 Å². The lowest BCUT2D eigenvalue weighted by Crippen LogP contribution is -2.32. The number of ether oxygens (including phenoxy) is 1. The molecule has 7 heteroatoms. The van der Waals surface area contributed by atoms with Crippen molar-refractivity contribution in [1.29, 1.82) is 0 Å². The Morgan fingerprint density at radius 3 is 2.45 bits per heavy atom. The first-order valence-electron chi connectivity index (χ1n) is 9.23. The summed E-state index contributed by atoms with van der Waals surface area (Å²) in [5.74, 6) is 3.58. The number of amides is 1. The Morgan fingerprint density at radius 1 is 1.41 bits per heavy atom. The van der Waals surface area contributed by atoms with E-state index in [1.807, 2.05) is 32.0 Å². The van der Waals surface area contributed by atoms with Gasteiger partial charge in [0.1, 0.15) is 12.5 Å². The van der Waals surface area contributed by atoms with Crippen LogP contribution >= 0.6 is 0 Å². The molecule has 1 aliphatic rings. The van der Waals surface area contributed by atoms with Gasteiger partial charge in [-0.25, -0.2) is 0 Å². The van der Waals surface area contributed by atoms with Gasteiger partial charge in [0, 0.05) is 37.2 Å². The second-order valence-corrected chi connectivity index (χ2v) is 7.72. The second-order valence-electron chi connectivity index (χ2n) is 7.72. The van der Waals surface area contributed by atoms with Crippen molar-refractivity contribution in [2.75, 3.05) is 27.2 Å². The summed E-state index contributed by atoms with van der Waals surface area (Å²) in [5, 5.41) is 12.3. The lowest BCUT2D eigenvalue weighted by molar-refractivity contribution is -0.132. The molecule has 1 amide bonds. The number of aliphatic hydroxyl groups is 1. The maximum atomic E-state index is 11.6. The first kappa shape index (κ1) is 28.8. The molecule has 0 saturated carbocycles. The zero-order valence-electron chi connectivity index (χ0n) is 18.5. The number of β-amino-alcohol motifs (C(OH)–C–C–N with tert-alkyl or cyclic N) is 1. The third-order valence-electron chi connectivity index (χ3n) is 4.02. The first-order valence-corrected chi connectivity index (χ1v) is 9.23. The number of nitrogens with zero attached hydrogens (tertiary/aromatic N) is 1. The average molecular weight is 408 g/mol. The molecule has 0 aliphatic carbocycles. The van der Waals surface area contributed by atoms with Crippen LogP contribution < -0.4 is 16.2 Å². The minimum absolute atomic E-state index is 0. The highest BCUT2D eigenvalue weighted by molar-refractivity contribution is 5.77. The van der Waals surface area contributed by atoms with E-state index in [4.69, 9.17) is 16.0 Å². The van der Waals surface area contributed by atoms with Gasteiger partial charge in [0.25, 0.3) is 0 Å². The second kappa shape index (κ2) is 14.6. The van der Waals surface area contributed by atoms with Gasteiger partial charge in [0.05, 0.1) is 13.2 Å². The van der Waals surface area contributed by atoms with Crippen molar-refractivity contribution >= 4 is 12.7 Å². The molecule has 1 aromatic carbocycles. The Balaban J connectivity index is 0. The zero-order chi connectivity index (χ0) is 21.7. The molecule has 0 spiro atoms. The Hall–Kier alpha value is -2.40. The number of hydrogen-bond donors (Lipinski definition) is 3. The summed E-state index contributed by atoms with van der Waals surface area (Å²) >= 11 is 0. The third-order valence-corrected chi connectivity index (χ3v) is 4.02. The van der Waals surface area contributed by atoms with Crippen molar-refractivity contribution in [3.8, 4) is 18.1 Å². The molecule has 5 N–H and O–H groups in total. The van der Waals surface area contributed by atoms with E-state index in [0.717, 1.165) is 36.4 Å². The van der Waals surface area contributed by atoms with Crippen LogP contribution in [0.1, 0.15) is 44.7 Å². The number of likely N-dealkylation sites (tertiary alicyclic amines) is 1. The van der Waals surface area contributed by atoms with Crippen LogP contribution in [0.3, 0.4) is 0 Å². The molecule has 1 fully saturated rings. The van der Waals surface area contributed by atoms with Gasteiger partial charge in [-0.3, -0.25) is 4.79 Å². The molecule has 1 heterocycles. The third kappa shape index (κ3) is 11.3. The molecule has 2 rings (SSSR count). The van der Waals surface area contributed by atoms with E-state index >= 15 is 0 Å². The van der Waals surface area contributed by atoms with Gasteiger partial charge < -0.3 is 31.0 Å². The van der Waals surface area contributed by atoms with Crippen LogP contribution in [0.15, 0.2) is 18.2 Å². The SMILES string of the molecule is C#Cc1ccc(CNC)c(OC)c1.C=O.CC(C)(C)CC(=O)N1CCC(O)C1.N. The summed E-state index contributed by atoms with van der Waals surface area (Å²) in [6.07, 6.45) is 6.28. The topological polar surface area (TPSA) is 114 Å². The van der Waals surface area contributed by atoms with Crippen LogP contribution in [0, 0.1) is 17.8 Å². The van der Waals surface area contributed by atoms with Crippen molar-refractivity contribution in [3.63, 3.8) is 0 Å². The van der Waals surface area contributed by atoms with E-state index in [-0.39, 0.29) is 23.6 Å². The highest BCUT2D eigenvalue weighted by Gasteiger charge is 2.27. The number of carbonyl (C=O) groups excluding carboxylic acids is 2. The maximum absolute atomic E-state index is 11.6. The van der Waals surface area contributed by atoms with E-state index < -0.39 is 0 Å². The fraction of sp³-hybridized carbons (Fsp3) is 0.545. The number of hydrogen-bond acceptors (Lipinski definition) is 6. The molecule has 7 nitrogen and oxygen atoms in total. The predicted molar refractivity (Wildman–Crippen MR) is 117 cm³/mol. The van der Waals surface area contributed by atoms with Gasteiger partial charge in [-0.2, -0.15) is 0 Å². The number of nitrogens with one attached hydrogen (secondary N) is 1. The molecule has 1 saturated heterocycles. The number of aliphatic hydroxyl groups excluding tert-OH is 1. The molecular formula is C22H37N3O4. The lowest BCUT2D eigenvalue weighted by Gasteiger charge is -2.22. The monoisotopic (exact) mass is 407 g/mol. The number of benzene rings is 1. The van der Waals surface area contributed by atoms with E-state index in [9.17, 15) is 9.90 Å². The summed E-state index contributed by atoms with van der Waals surface area (Å²) in [6, 6.07) is 5.76. The molecule has 1 atom stereocenters. The van der Waals surface area contributed by atoms with Crippen LogP contribution in [0.25, 0.3) is 0 Å². The summed E-state index contributed by atoms with van der Waals surface area (Å²) in [4.78, 5) is 21.4. The van der Waals surface area contributed by atoms with Crippen molar-refractivity contribution in [2.24, 2.45) is 5.41 Å². The quantitative estimate of drug-likeness (QED) is 0.661. The largest absolute Gasteiger partial charge is 0.496 e. The Bertz CT molecular complexity index is 650. The van der Waals surface area contributed by atoms with E-state index in [1.54, 1.807) is 12.0 Å². The van der Waals surface area contributed by atoms with E-state index in [2.05, 4.69) is 32.0 Å². The molecule has 29 heavy (non-hydrogen) atoms. The van der Waals surface area contributed by atoms with Crippen molar-refractivity contribution in [1.82, 2.24) is 16.4 Å². The van der Waals surface area contributed by atoms with Crippen LogP contribution in [0.5, 0.6) is 5.75 Å². The predicted octanol–water partition coefficient (Wildman–Crippen LogP) is 2.39. The number of terminal acetylenes is 1. The minimum atomic E-state index is -0.302.